The molecular formula is C16H13BrN4OS. The molecule has 0 unspecified atom stereocenters. The van der Waals surface area contributed by atoms with Crippen molar-refractivity contribution in [1.82, 2.24) is 19.7 Å². The van der Waals surface area contributed by atoms with Crippen LogP contribution in [-0.2, 0) is 7.05 Å². The second-order valence-electron chi connectivity index (χ2n) is 4.83. The van der Waals surface area contributed by atoms with E-state index in [0.717, 1.165) is 15.9 Å². The van der Waals surface area contributed by atoms with Gasteiger partial charge in [0.2, 0.25) is 0 Å². The fourth-order valence-electron chi connectivity index (χ4n) is 2.04. The third kappa shape index (κ3) is 3.68. The van der Waals surface area contributed by atoms with Crippen LogP contribution in [0.25, 0.3) is 11.4 Å². The van der Waals surface area contributed by atoms with Crippen LogP contribution in [0.5, 0.6) is 0 Å². The first-order valence-electron chi connectivity index (χ1n) is 6.86. The molecule has 0 aliphatic carbocycles. The number of aromatic nitrogens is 4. The summed E-state index contributed by atoms with van der Waals surface area (Å²) in [5, 5.41) is 9.05. The molecule has 3 rings (SSSR count). The minimum Gasteiger partial charge on any atom is -0.305 e. The quantitative estimate of drug-likeness (QED) is 0.493. The summed E-state index contributed by atoms with van der Waals surface area (Å²) in [6, 6.07) is 11.1. The molecule has 3 aromatic rings. The molecule has 0 bridgehead atoms. The Labute approximate surface area is 146 Å². The minimum atomic E-state index is 0.0634. The molecule has 7 heteroatoms. The fraction of sp³-hybridized carbons (Fsp3) is 0.125. The standard InChI is InChI=1S/C16H13BrN4OS/c1-21-15(12-3-2-8-18-9-12)19-20-16(21)23-10-14(22)11-4-6-13(17)7-5-11/h2-9H,10H2,1H3. The first kappa shape index (κ1) is 15.9. The van der Waals surface area contributed by atoms with Crippen LogP contribution in [0.2, 0.25) is 0 Å². The van der Waals surface area contributed by atoms with E-state index in [1.54, 1.807) is 12.4 Å². The van der Waals surface area contributed by atoms with Gasteiger partial charge in [-0.3, -0.25) is 9.78 Å². The highest BCUT2D eigenvalue weighted by Crippen LogP contribution is 2.22. The molecule has 1 aromatic carbocycles. The smallest absolute Gasteiger partial charge is 0.191 e. The first-order chi connectivity index (χ1) is 11.1. The van der Waals surface area contributed by atoms with Gasteiger partial charge >= 0.3 is 0 Å². The molecule has 0 aliphatic heterocycles. The summed E-state index contributed by atoms with van der Waals surface area (Å²) in [4.78, 5) is 16.3. The zero-order chi connectivity index (χ0) is 16.2. The van der Waals surface area contributed by atoms with E-state index < -0.39 is 0 Å². The van der Waals surface area contributed by atoms with Crippen molar-refractivity contribution in [2.45, 2.75) is 5.16 Å². The molecule has 0 N–H and O–H groups in total. The molecule has 0 saturated carbocycles. The van der Waals surface area contributed by atoms with Gasteiger partial charge in [-0.05, 0) is 24.3 Å². The summed E-state index contributed by atoms with van der Waals surface area (Å²) in [5.41, 5.74) is 1.59. The highest BCUT2D eigenvalue weighted by atomic mass is 79.9. The molecule has 0 fully saturated rings. The predicted molar refractivity (Wildman–Crippen MR) is 93.4 cm³/mol. The van der Waals surface area contributed by atoms with Crippen molar-refractivity contribution in [2.75, 3.05) is 5.75 Å². The van der Waals surface area contributed by atoms with Crippen LogP contribution in [0.4, 0.5) is 0 Å². The molecule has 2 aromatic heterocycles. The highest BCUT2D eigenvalue weighted by Gasteiger charge is 2.13. The predicted octanol–water partition coefficient (Wildman–Crippen LogP) is 3.61. The molecule has 0 amide bonds. The maximum Gasteiger partial charge on any atom is 0.191 e. The minimum absolute atomic E-state index is 0.0634. The number of pyridine rings is 1. The number of thioether (sulfide) groups is 1. The Bertz CT molecular complexity index is 818. The summed E-state index contributed by atoms with van der Waals surface area (Å²) in [7, 11) is 1.88. The lowest BCUT2D eigenvalue weighted by atomic mass is 10.2. The highest BCUT2D eigenvalue weighted by molar-refractivity contribution is 9.10. The number of carbonyl (C=O) groups is 1. The van der Waals surface area contributed by atoms with E-state index in [1.807, 2.05) is 48.0 Å². The van der Waals surface area contributed by atoms with Crippen LogP contribution in [0.15, 0.2) is 58.4 Å². The van der Waals surface area contributed by atoms with Gasteiger partial charge in [0.05, 0.1) is 5.75 Å². The second kappa shape index (κ2) is 7.06. The summed E-state index contributed by atoms with van der Waals surface area (Å²) in [5.74, 6) is 1.12. The Morgan fingerprint density at radius 1 is 1.22 bits per heavy atom. The normalized spacial score (nSPS) is 10.7. The van der Waals surface area contributed by atoms with Gasteiger partial charge in [0, 0.05) is 35.0 Å². The molecule has 0 atom stereocenters. The van der Waals surface area contributed by atoms with Crippen molar-refractivity contribution in [3.05, 3.63) is 58.8 Å². The Morgan fingerprint density at radius 2 is 2.00 bits per heavy atom. The zero-order valence-corrected chi connectivity index (χ0v) is 14.7. The second-order valence-corrected chi connectivity index (χ2v) is 6.68. The Hall–Kier alpha value is -1.99. The van der Waals surface area contributed by atoms with Crippen molar-refractivity contribution >= 4 is 33.5 Å². The first-order valence-corrected chi connectivity index (χ1v) is 8.64. The zero-order valence-electron chi connectivity index (χ0n) is 12.3. The largest absolute Gasteiger partial charge is 0.305 e. The van der Waals surface area contributed by atoms with Gasteiger partial charge < -0.3 is 4.57 Å². The number of Topliss-reactive ketones (excluding diaryl/α,β-unsaturated/α-hetero) is 1. The Morgan fingerprint density at radius 3 is 2.70 bits per heavy atom. The molecule has 0 radical (unpaired) electrons. The molecule has 116 valence electrons. The van der Waals surface area contributed by atoms with Crippen LogP contribution in [0.3, 0.4) is 0 Å². The third-order valence-electron chi connectivity index (χ3n) is 3.25. The summed E-state index contributed by atoms with van der Waals surface area (Å²) < 4.78 is 2.83. The van der Waals surface area contributed by atoms with Crippen molar-refractivity contribution < 1.29 is 4.79 Å². The van der Waals surface area contributed by atoms with Crippen LogP contribution in [0.1, 0.15) is 10.4 Å². The molecule has 2 heterocycles. The van der Waals surface area contributed by atoms with Crippen LogP contribution < -0.4 is 0 Å². The van der Waals surface area contributed by atoms with Gasteiger partial charge in [-0.25, -0.2) is 0 Å². The number of hydrogen-bond donors (Lipinski definition) is 0. The van der Waals surface area contributed by atoms with E-state index in [-0.39, 0.29) is 5.78 Å². The fourth-order valence-corrected chi connectivity index (χ4v) is 3.11. The van der Waals surface area contributed by atoms with E-state index in [1.165, 1.54) is 11.8 Å². The van der Waals surface area contributed by atoms with E-state index >= 15 is 0 Å². The van der Waals surface area contributed by atoms with Crippen molar-refractivity contribution in [3.63, 3.8) is 0 Å². The molecule has 0 aliphatic rings. The van der Waals surface area contributed by atoms with Gasteiger partial charge in [-0.1, -0.05) is 39.8 Å². The SMILES string of the molecule is Cn1c(SCC(=O)c2ccc(Br)cc2)nnc1-c1cccnc1. The maximum atomic E-state index is 12.2. The third-order valence-corrected chi connectivity index (χ3v) is 4.80. The van der Waals surface area contributed by atoms with E-state index in [2.05, 4.69) is 31.1 Å². The van der Waals surface area contributed by atoms with E-state index in [9.17, 15) is 4.79 Å². The lowest BCUT2D eigenvalue weighted by Gasteiger charge is -2.03. The van der Waals surface area contributed by atoms with Gasteiger partial charge in [0.15, 0.2) is 16.8 Å². The number of nitrogens with zero attached hydrogens (tertiary/aromatic N) is 4. The van der Waals surface area contributed by atoms with Crippen LogP contribution >= 0.6 is 27.7 Å². The van der Waals surface area contributed by atoms with Crippen molar-refractivity contribution in [2.24, 2.45) is 7.05 Å². The molecule has 5 nitrogen and oxygen atoms in total. The summed E-state index contributed by atoms with van der Waals surface area (Å²) in [6.45, 7) is 0. The van der Waals surface area contributed by atoms with Crippen molar-refractivity contribution in [1.29, 1.82) is 0 Å². The molecule has 23 heavy (non-hydrogen) atoms. The lowest BCUT2D eigenvalue weighted by Crippen LogP contribution is -2.03. The summed E-state index contributed by atoms with van der Waals surface area (Å²) in [6.07, 6.45) is 3.46. The number of rotatable bonds is 5. The van der Waals surface area contributed by atoms with Crippen LogP contribution in [0, 0.1) is 0 Å². The lowest BCUT2D eigenvalue weighted by molar-refractivity contribution is 0.102. The van der Waals surface area contributed by atoms with Gasteiger partial charge in [-0.2, -0.15) is 0 Å². The monoisotopic (exact) mass is 388 g/mol. The maximum absolute atomic E-state index is 12.2. The molecular weight excluding hydrogens is 376 g/mol. The molecule has 0 spiro atoms. The number of ketones is 1. The van der Waals surface area contributed by atoms with Crippen molar-refractivity contribution in [3.8, 4) is 11.4 Å². The number of hydrogen-bond acceptors (Lipinski definition) is 5. The topological polar surface area (TPSA) is 60.7 Å². The Balaban J connectivity index is 1.71. The van der Waals surface area contributed by atoms with Gasteiger partial charge in [0.25, 0.3) is 0 Å². The van der Waals surface area contributed by atoms with Crippen LogP contribution in [-0.4, -0.2) is 31.3 Å². The number of halogens is 1. The Kier molecular flexibility index (Phi) is 4.88. The van der Waals surface area contributed by atoms with E-state index in [0.29, 0.717) is 16.5 Å². The number of benzene rings is 1. The average Bonchev–Trinajstić information content (AvgIpc) is 2.95. The summed E-state index contributed by atoms with van der Waals surface area (Å²) >= 11 is 4.74. The molecule has 0 saturated heterocycles. The van der Waals surface area contributed by atoms with Gasteiger partial charge in [0.1, 0.15) is 0 Å². The van der Waals surface area contributed by atoms with Gasteiger partial charge in [-0.15, -0.1) is 10.2 Å². The average molecular weight is 389 g/mol. The number of carbonyl (C=O) groups excluding carboxylic acids is 1. The van der Waals surface area contributed by atoms with E-state index in [4.69, 9.17) is 0 Å².